The van der Waals surface area contributed by atoms with Gasteiger partial charge >= 0.3 is 6.09 Å². The van der Waals surface area contributed by atoms with Crippen molar-refractivity contribution in [2.24, 2.45) is 0 Å². The zero-order valence-electron chi connectivity index (χ0n) is 7.84. The van der Waals surface area contributed by atoms with Crippen molar-refractivity contribution in [3.63, 3.8) is 0 Å². The molecule has 13 heavy (non-hydrogen) atoms. The molecule has 0 aromatic heterocycles. The van der Waals surface area contributed by atoms with E-state index in [4.69, 9.17) is 5.11 Å². The molecular formula is C9H16N2O2. The van der Waals surface area contributed by atoms with Crippen LogP contribution in [-0.4, -0.2) is 28.8 Å². The van der Waals surface area contributed by atoms with Gasteiger partial charge in [0, 0.05) is 17.6 Å². The van der Waals surface area contributed by atoms with Crippen molar-refractivity contribution in [1.82, 2.24) is 10.6 Å². The Labute approximate surface area is 77.7 Å². The Morgan fingerprint density at radius 3 is 2.46 bits per heavy atom. The Hall–Kier alpha value is -0.770. The Morgan fingerprint density at radius 2 is 2.00 bits per heavy atom. The van der Waals surface area contributed by atoms with Crippen molar-refractivity contribution < 1.29 is 9.90 Å². The summed E-state index contributed by atoms with van der Waals surface area (Å²) in [4.78, 5) is 10.6. The number of hydrogen-bond donors (Lipinski definition) is 3. The summed E-state index contributed by atoms with van der Waals surface area (Å²) in [6.07, 6.45) is 3.35. The van der Waals surface area contributed by atoms with Gasteiger partial charge in [-0.05, 0) is 32.6 Å². The van der Waals surface area contributed by atoms with Crippen LogP contribution in [0.5, 0.6) is 0 Å². The summed E-state index contributed by atoms with van der Waals surface area (Å²) in [7, 11) is 0. The van der Waals surface area contributed by atoms with Gasteiger partial charge in [0.15, 0.2) is 0 Å². The van der Waals surface area contributed by atoms with Crippen LogP contribution in [0.3, 0.4) is 0 Å². The summed E-state index contributed by atoms with van der Waals surface area (Å²) in [6.45, 7) is 2.01. The lowest BCUT2D eigenvalue weighted by Gasteiger charge is -2.38. The highest BCUT2D eigenvalue weighted by atomic mass is 16.4. The summed E-state index contributed by atoms with van der Waals surface area (Å²) >= 11 is 0. The number of rotatable bonds is 1. The van der Waals surface area contributed by atoms with E-state index in [0.717, 1.165) is 12.8 Å². The van der Waals surface area contributed by atoms with Crippen molar-refractivity contribution in [3.05, 3.63) is 0 Å². The molecule has 2 saturated heterocycles. The molecule has 3 atom stereocenters. The average Bonchev–Trinajstić information content (AvgIpc) is 2.27. The molecule has 2 bridgehead atoms. The summed E-state index contributed by atoms with van der Waals surface area (Å²) in [6, 6.07) is 1.05. The smallest absolute Gasteiger partial charge is 0.405 e. The zero-order chi connectivity index (χ0) is 9.47. The van der Waals surface area contributed by atoms with Gasteiger partial charge in [-0.2, -0.15) is 0 Å². The lowest BCUT2D eigenvalue weighted by atomic mass is 9.86. The van der Waals surface area contributed by atoms with E-state index in [9.17, 15) is 4.79 Å². The van der Waals surface area contributed by atoms with E-state index >= 15 is 0 Å². The first-order valence-electron chi connectivity index (χ1n) is 4.85. The van der Waals surface area contributed by atoms with Crippen LogP contribution in [-0.2, 0) is 0 Å². The minimum atomic E-state index is -0.899. The van der Waals surface area contributed by atoms with Gasteiger partial charge in [-0.15, -0.1) is 0 Å². The van der Waals surface area contributed by atoms with Crippen molar-refractivity contribution in [2.45, 2.75) is 50.2 Å². The molecule has 0 unspecified atom stereocenters. The number of piperidine rings is 1. The lowest BCUT2D eigenvalue weighted by Crippen LogP contribution is -2.55. The molecule has 0 spiro atoms. The summed E-state index contributed by atoms with van der Waals surface area (Å²) in [5.74, 6) is 0. The quantitative estimate of drug-likeness (QED) is 0.568. The maximum absolute atomic E-state index is 10.6. The molecular weight excluding hydrogens is 168 g/mol. The number of carbonyl (C=O) groups is 1. The monoisotopic (exact) mass is 184 g/mol. The maximum Gasteiger partial charge on any atom is 0.405 e. The number of nitrogens with one attached hydrogen (secondary N) is 2. The van der Waals surface area contributed by atoms with E-state index in [1.54, 1.807) is 0 Å². The molecule has 0 saturated carbocycles. The third-order valence-electron chi connectivity index (χ3n) is 3.14. The summed E-state index contributed by atoms with van der Waals surface area (Å²) in [5.41, 5.74) is -0.205. The Bertz CT molecular complexity index is 218. The molecule has 1 amide bonds. The first kappa shape index (κ1) is 8.81. The van der Waals surface area contributed by atoms with E-state index in [1.807, 2.05) is 6.92 Å². The van der Waals surface area contributed by atoms with Gasteiger partial charge in [0.1, 0.15) is 0 Å². The van der Waals surface area contributed by atoms with Gasteiger partial charge in [0.25, 0.3) is 0 Å². The van der Waals surface area contributed by atoms with E-state index in [0.29, 0.717) is 12.1 Å². The first-order chi connectivity index (χ1) is 6.07. The predicted molar refractivity (Wildman–Crippen MR) is 48.7 cm³/mol. The number of hydrogen-bond acceptors (Lipinski definition) is 2. The van der Waals surface area contributed by atoms with Gasteiger partial charge in [-0.25, -0.2) is 4.79 Å². The van der Waals surface area contributed by atoms with E-state index in [1.165, 1.54) is 12.8 Å². The van der Waals surface area contributed by atoms with Crippen molar-refractivity contribution in [2.75, 3.05) is 0 Å². The standard InChI is InChI=1S/C9H16N2O2/c1-9(11-8(12)13)4-6-2-3-7(5-9)10-6/h6-7,10-11H,2-5H2,1H3,(H,12,13)/t6-,7+,9+. The molecule has 0 aromatic carbocycles. The molecule has 0 aromatic rings. The van der Waals surface area contributed by atoms with Crippen LogP contribution in [0.4, 0.5) is 4.79 Å². The molecule has 4 heteroatoms. The van der Waals surface area contributed by atoms with Gasteiger partial charge in [-0.3, -0.25) is 0 Å². The van der Waals surface area contributed by atoms with Crippen LogP contribution in [0.25, 0.3) is 0 Å². The molecule has 0 aliphatic carbocycles. The van der Waals surface area contributed by atoms with Crippen molar-refractivity contribution in [3.8, 4) is 0 Å². The molecule has 4 nitrogen and oxygen atoms in total. The number of carboxylic acid groups (broad SMARTS) is 1. The Balaban J connectivity index is 2.03. The van der Waals surface area contributed by atoms with Crippen molar-refractivity contribution in [1.29, 1.82) is 0 Å². The molecule has 74 valence electrons. The molecule has 2 heterocycles. The minimum Gasteiger partial charge on any atom is -0.465 e. The van der Waals surface area contributed by atoms with Crippen LogP contribution < -0.4 is 10.6 Å². The highest BCUT2D eigenvalue weighted by molar-refractivity contribution is 5.65. The molecule has 3 N–H and O–H groups in total. The Morgan fingerprint density at radius 1 is 1.46 bits per heavy atom. The van der Waals surface area contributed by atoms with E-state index < -0.39 is 6.09 Å². The van der Waals surface area contributed by atoms with Gasteiger partial charge in [0.2, 0.25) is 0 Å². The van der Waals surface area contributed by atoms with E-state index in [2.05, 4.69) is 10.6 Å². The Kier molecular flexibility index (Phi) is 1.95. The average molecular weight is 184 g/mol. The van der Waals surface area contributed by atoms with E-state index in [-0.39, 0.29) is 5.54 Å². The van der Waals surface area contributed by atoms with Crippen LogP contribution in [0.15, 0.2) is 0 Å². The van der Waals surface area contributed by atoms with Crippen LogP contribution in [0.2, 0.25) is 0 Å². The fourth-order valence-corrected chi connectivity index (χ4v) is 2.76. The predicted octanol–water partition coefficient (Wildman–Crippen LogP) is 0.927. The highest BCUT2D eigenvalue weighted by Crippen LogP contribution is 2.33. The fourth-order valence-electron chi connectivity index (χ4n) is 2.76. The topological polar surface area (TPSA) is 61.4 Å². The maximum atomic E-state index is 10.6. The minimum absolute atomic E-state index is 0.205. The second-order valence-corrected chi connectivity index (χ2v) is 4.54. The van der Waals surface area contributed by atoms with Crippen LogP contribution >= 0.6 is 0 Å². The summed E-state index contributed by atoms with van der Waals surface area (Å²) < 4.78 is 0. The van der Waals surface area contributed by atoms with Crippen molar-refractivity contribution >= 4 is 6.09 Å². The van der Waals surface area contributed by atoms with Crippen LogP contribution in [0, 0.1) is 0 Å². The lowest BCUT2D eigenvalue weighted by molar-refractivity contribution is 0.161. The largest absolute Gasteiger partial charge is 0.465 e. The van der Waals surface area contributed by atoms with Gasteiger partial charge < -0.3 is 15.7 Å². The first-order valence-corrected chi connectivity index (χ1v) is 4.85. The third-order valence-corrected chi connectivity index (χ3v) is 3.14. The second kappa shape index (κ2) is 2.87. The SMILES string of the molecule is C[C@]1(NC(=O)O)C[C@H]2CC[C@@H](C1)N2. The number of fused-ring (bicyclic) bond motifs is 2. The molecule has 2 aliphatic rings. The van der Waals surface area contributed by atoms with Crippen LogP contribution in [0.1, 0.15) is 32.6 Å². The molecule has 2 rings (SSSR count). The highest BCUT2D eigenvalue weighted by Gasteiger charge is 2.41. The number of amides is 1. The fraction of sp³-hybridized carbons (Fsp3) is 0.889. The van der Waals surface area contributed by atoms with Gasteiger partial charge in [0.05, 0.1) is 0 Å². The molecule has 2 aliphatic heterocycles. The third kappa shape index (κ3) is 1.77. The normalized spacial score (nSPS) is 43.2. The molecule has 0 radical (unpaired) electrons. The molecule has 2 fully saturated rings. The zero-order valence-corrected chi connectivity index (χ0v) is 7.84. The summed E-state index contributed by atoms with van der Waals surface area (Å²) in [5, 5.41) is 14.8. The second-order valence-electron chi connectivity index (χ2n) is 4.54. The van der Waals surface area contributed by atoms with Gasteiger partial charge in [-0.1, -0.05) is 0 Å².